The van der Waals surface area contributed by atoms with Crippen molar-refractivity contribution in [3.63, 3.8) is 0 Å². The highest BCUT2D eigenvalue weighted by Gasteiger charge is 2.15. The van der Waals surface area contributed by atoms with Crippen LogP contribution in [0, 0.1) is 0 Å². The first-order valence-corrected chi connectivity index (χ1v) is 9.12. The standard InChI is InChI=1S/C20H17NO4S/c1-26-16-8-6-15(7-9-16)21-19(23)12-25-20(24)17-10-13-4-2-3-5-14(13)11-18(17)22/h2-11,22H,12H2,1H3,(H,21,23). The molecular weight excluding hydrogens is 350 g/mol. The molecule has 1 amide bonds. The van der Waals surface area contributed by atoms with E-state index in [0.29, 0.717) is 5.69 Å². The molecule has 0 spiro atoms. The molecule has 2 N–H and O–H groups in total. The van der Waals surface area contributed by atoms with Crippen molar-refractivity contribution in [1.29, 1.82) is 0 Å². The van der Waals surface area contributed by atoms with Gasteiger partial charge in [-0.1, -0.05) is 24.3 Å². The zero-order valence-corrected chi connectivity index (χ0v) is 14.9. The van der Waals surface area contributed by atoms with Gasteiger partial charge in [0.05, 0.1) is 0 Å². The van der Waals surface area contributed by atoms with Gasteiger partial charge in [0.15, 0.2) is 6.61 Å². The molecule has 0 bridgehead atoms. The van der Waals surface area contributed by atoms with Crippen molar-refractivity contribution in [1.82, 2.24) is 0 Å². The average Bonchev–Trinajstić information content (AvgIpc) is 2.66. The Labute approximate surface area is 155 Å². The first-order valence-electron chi connectivity index (χ1n) is 7.89. The van der Waals surface area contributed by atoms with E-state index in [1.165, 1.54) is 6.07 Å². The van der Waals surface area contributed by atoms with Gasteiger partial charge in [0.1, 0.15) is 11.3 Å². The molecule has 3 aromatic rings. The van der Waals surface area contributed by atoms with Crippen molar-refractivity contribution in [2.45, 2.75) is 4.90 Å². The third-order valence-electron chi connectivity index (χ3n) is 3.79. The number of amides is 1. The summed E-state index contributed by atoms with van der Waals surface area (Å²) in [5.74, 6) is -1.38. The van der Waals surface area contributed by atoms with E-state index >= 15 is 0 Å². The van der Waals surface area contributed by atoms with Gasteiger partial charge in [0.2, 0.25) is 0 Å². The molecule has 0 saturated heterocycles. The van der Waals surface area contributed by atoms with Gasteiger partial charge in [0.25, 0.3) is 5.91 Å². The van der Waals surface area contributed by atoms with E-state index in [2.05, 4.69) is 5.32 Å². The molecule has 6 heteroatoms. The van der Waals surface area contributed by atoms with Crippen molar-refractivity contribution >= 4 is 40.1 Å². The lowest BCUT2D eigenvalue weighted by molar-refractivity contribution is -0.119. The van der Waals surface area contributed by atoms with Gasteiger partial charge in [-0.3, -0.25) is 4.79 Å². The first-order chi connectivity index (χ1) is 12.6. The Hall–Kier alpha value is -2.99. The molecule has 5 nitrogen and oxygen atoms in total. The van der Waals surface area contributed by atoms with Gasteiger partial charge in [-0.25, -0.2) is 4.79 Å². The average molecular weight is 367 g/mol. The van der Waals surface area contributed by atoms with Crippen LogP contribution in [0.1, 0.15) is 10.4 Å². The minimum Gasteiger partial charge on any atom is -0.507 e. The molecule has 0 aromatic heterocycles. The topological polar surface area (TPSA) is 75.6 Å². The van der Waals surface area contributed by atoms with E-state index in [1.54, 1.807) is 30.0 Å². The number of ether oxygens (including phenoxy) is 1. The van der Waals surface area contributed by atoms with Crippen LogP contribution >= 0.6 is 11.8 Å². The molecule has 3 aromatic carbocycles. The Morgan fingerprint density at radius 1 is 1.04 bits per heavy atom. The molecule has 0 heterocycles. The molecule has 132 valence electrons. The van der Waals surface area contributed by atoms with Gasteiger partial charge in [-0.15, -0.1) is 11.8 Å². The third-order valence-corrected chi connectivity index (χ3v) is 4.54. The van der Waals surface area contributed by atoms with Crippen molar-refractivity contribution in [3.8, 4) is 5.75 Å². The summed E-state index contributed by atoms with van der Waals surface area (Å²) in [6.07, 6.45) is 1.97. The number of benzene rings is 3. The van der Waals surface area contributed by atoms with Gasteiger partial charge in [-0.05, 0) is 53.4 Å². The van der Waals surface area contributed by atoms with Crippen LogP contribution in [0.25, 0.3) is 10.8 Å². The summed E-state index contributed by atoms with van der Waals surface area (Å²) in [6.45, 7) is -0.435. The van der Waals surface area contributed by atoms with Crippen molar-refractivity contribution in [2.75, 3.05) is 18.2 Å². The Morgan fingerprint density at radius 3 is 2.35 bits per heavy atom. The van der Waals surface area contributed by atoms with Crippen LogP contribution in [0.4, 0.5) is 5.69 Å². The molecule has 0 saturated carbocycles. The molecule has 0 unspecified atom stereocenters. The lowest BCUT2D eigenvalue weighted by atomic mass is 10.1. The summed E-state index contributed by atoms with van der Waals surface area (Å²) in [6, 6.07) is 17.7. The Balaban J connectivity index is 1.62. The van der Waals surface area contributed by atoms with E-state index < -0.39 is 18.5 Å². The number of fused-ring (bicyclic) bond motifs is 1. The number of phenolic OH excluding ortho intramolecular Hbond substituents is 1. The van der Waals surface area contributed by atoms with E-state index in [9.17, 15) is 14.7 Å². The quantitative estimate of drug-likeness (QED) is 0.525. The predicted octanol–water partition coefficient (Wildman–Crippen LogP) is 4.06. The van der Waals surface area contributed by atoms with E-state index in [4.69, 9.17) is 4.74 Å². The monoisotopic (exact) mass is 367 g/mol. The number of nitrogens with one attached hydrogen (secondary N) is 1. The zero-order chi connectivity index (χ0) is 18.5. The number of aromatic hydroxyl groups is 1. The number of esters is 1. The first kappa shape index (κ1) is 17.8. The Kier molecular flexibility index (Phi) is 5.43. The molecule has 0 aliphatic carbocycles. The van der Waals surface area contributed by atoms with Gasteiger partial charge >= 0.3 is 5.97 Å². The number of carbonyl (C=O) groups excluding carboxylic acids is 2. The number of anilines is 1. The van der Waals surface area contributed by atoms with E-state index in [1.807, 2.05) is 42.7 Å². The zero-order valence-electron chi connectivity index (χ0n) is 14.1. The maximum atomic E-state index is 12.2. The lowest BCUT2D eigenvalue weighted by Crippen LogP contribution is -2.21. The highest BCUT2D eigenvalue weighted by molar-refractivity contribution is 7.98. The van der Waals surface area contributed by atoms with Crippen LogP contribution in [-0.4, -0.2) is 29.8 Å². The van der Waals surface area contributed by atoms with Crippen LogP contribution in [-0.2, 0) is 9.53 Å². The number of carbonyl (C=O) groups is 2. The molecular formula is C20H17NO4S. The van der Waals surface area contributed by atoms with E-state index in [0.717, 1.165) is 15.7 Å². The molecule has 0 aliphatic heterocycles. The summed E-state index contributed by atoms with van der Waals surface area (Å²) in [5.41, 5.74) is 0.651. The number of hydrogen-bond acceptors (Lipinski definition) is 5. The SMILES string of the molecule is CSc1ccc(NC(=O)COC(=O)c2cc3ccccc3cc2O)cc1. The number of rotatable bonds is 5. The van der Waals surface area contributed by atoms with Gasteiger partial charge in [0, 0.05) is 10.6 Å². The molecule has 0 radical (unpaired) electrons. The van der Waals surface area contributed by atoms with Crippen LogP contribution in [0.15, 0.2) is 65.6 Å². The molecule has 0 atom stereocenters. The Bertz CT molecular complexity index is 954. The summed E-state index contributed by atoms with van der Waals surface area (Å²) >= 11 is 1.60. The normalized spacial score (nSPS) is 10.5. The molecule has 0 aliphatic rings. The van der Waals surface area contributed by atoms with Crippen LogP contribution < -0.4 is 5.32 Å². The van der Waals surface area contributed by atoms with Crippen molar-refractivity contribution in [3.05, 3.63) is 66.2 Å². The molecule has 26 heavy (non-hydrogen) atoms. The Morgan fingerprint density at radius 2 is 1.69 bits per heavy atom. The minimum absolute atomic E-state index is 0.0285. The van der Waals surface area contributed by atoms with Crippen molar-refractivity contribution in [2.24, 2.45) is 0 Å². The largest absolute Gasteiger partial charge is 0.507 e. The van der Waals surface area contributed by atoms with Crippen molar-refractivity contribution < 1.29 is 19.4 Å². The fourth-order valence-corrected chi connectivity index (χ4v) is 2.88. The maximum absolute atomic E-state index is 12.2. The minimum atomic E-state index is -0.749. The van der Waals surface area contributed by atoms with E-state index in [-0.39, 0.29) is 11.3 Å². The van der Waals surface area contributed by atoms with Crippen LogP contribution in [0.3, 0.4) is 0 Å². The van der Waals surface area contributed by atoms with Crippen LogP contribution in [0.2, 0.25) is 0 Å². The fourth-order valence-electron chi connectivity index (χ4n) is 2.47. The predicted molar refractivity (Wildman–Crippen MR) is 103 cm³/mol. The third kappa shape index (κ3) is 4.15. The van der Waals surface area contributed by atoms with Crippen LogP contribution in [0.5, 0.6) is 5.75 Å². The number of thioether (sulfide) groups is 1. The second-order valence-corrected chi connectivity index (χ2v) is 6.45. The smallest absolute Gasteiger partial charge is 0.342 e. The maximum Gasteiger partial charge on any atom is 0.342 e. The summed E-state index contributed by atoms with van der Waals surface area (Å²) < 4.78 is 5.02. The number of hydrogen-bond donors (Lipinski definition) is 2. The second kappa shape index (κ2) is 7.93. The summed E-state index contributed by atoms with van der Waals surface area (Å²) in [7, 11) is 0. The lowest BCUT2D eigenvalue weighted by Gasteiger charge is -2.09. The highest BCUT2D eigenvalue weighted by Crippen LogP contribution is 2.25. The summed E-state index contributed by atoms with van der Waals surface area (Å²) in [4.78, 5) is 25.2. The number of phenols is 1. The van der Waals surface area contributed by atoms with Gasteiger partial charge < -0.3 is 15.2 Å². The molecule has 3 rings (SSSR count). The second-order valence-electron chi connectivity index (χ2n) is 5.57. The summed E-state index contributed by atoms with van der Waals surface area (Å²) in [5, 5.41) is 14.3. The van der Waals surface area contributed by atoms with Gasteiger partial charge in [-0.2, -0.15) is 0 Å². The highest BCUT2D eigenvalue weighted by atomic mass is 32.2. The fraction of sp³-hybridized carbons (Fsp3) is 0.100. The molecule has 0 fully saturated rings.